The zero-order valence-corrected chi connectivity index (χ0v) is 14.4. The first-order valence-corrected chi connectivity index (χ1v) is 8.46. The van der Waals surface area contributed by atoms with Gasteiger partial charge in [-0.1, -0.05) is 82.2 Å². The van der Waals surface area contributed by atoms with Crippen molar-refractivity contribution in [2.75, 3.05) is 0 Å². The minimum atomic E-state index is 1.29. The van der Waals surface area contributed by atoms with Crippen LogP contribution in [0.25, 0.3) is 21.5 Å². The molecular formula is C23H20B. The SMILES string of the molecule is Cc1cc(C)c([B]c2cccc3cc4ccccc4cc23)c(C)c1. The van der Waals surface area contributed by atoms with Crippen LogP contribution in [0, 0.1) is 20.8 Å². The molecule has 4 aromatic carbocycles. The van der Waals surface area contributed by atoms with Crippen LogP contribution >= 0.6 is 0 Å². The van der Waals surface area contributed by atoms with Gasteiger partial charge in [0, 0.05) is 0 Å². The Labute approximate surface area is 144 Å². The number of hydrogen-bond donors (Lipinski definition) is 0. The van der Waals surface area contributed by atoms with Gasteiger partial charge in [-0.2, -0.15) is 0 Å². The lowest BCUT2D eigenvalue weighted by Crippen LogP contribution is -2.31. The van der Waals surface area contributed by atoms with Crippen LogP contribution < -0.4 is 10.9 Å². The normalized spacial score (nSPS) is 11.1. The number of hydrogen-bond acceptors (Lipinski definition) is 0. The van der Waals surface area contributed by atoms with Crippen LogP contribution in [0.5, 0.6) is 0 Å². The van der Waals surface area contributed by atoms with Gasteiger partial charge in [0.2, 0.25) is 0 Å². The molecule has 4 rings (SSSR count). The van der Waals surface area contributed by atoms with E-state index in [4.69, 9.17) is 0 Å². The Hall–Kier alpha value is -2.54. The second-order valence-electron chi connectivity index (χ2n) is 6.72. The summed E-state index contributed by atoms with van der Waals surface area (Å²) in [4.78, 5) is 0. The van der Waals surface area contributed by atoms with Crippen LogP contribution in [0.2, 0.25) is 0 Å². The highest BCUT2D eigenvalue weighted by atomic mass is 14.1. The molecule has 0 spiro atoms. The first-order chi connectivity index (χ1) is 11.6. The van der Waals surface area contributed by atoms with Crippen molar-refractivity contribution in [2.45, 2.75) is 20.8 Å². The summed E-state index contributed by atoms with van der Waals surface area (Å²) in [6, 6.07) is 24.3. The lowest BCUT2D eigenvalue weighted by molar-refractivity contribution is 1.35. The van der Waals surface area contributed by atoms with Crippen LogP contribution in [-0.4, -0.2) is 7.28 Å². The lowest BCUT2D eigenvalue weighted by atomic mass is 9.59. The van der Waals surface area contributed by atoms with Crippen LogP contribution in [0.3, 0.4) is 0 Å². The van der Waals surface area contributed by atoms with E-state index in [1.54, 1.807) is 0 Å². The Morgan fingerprint density at radius 3 is 1.96 bits per heavy atom. The third kappa shape index (κ3) is 2.61. The summed E-state index contributed by atoms with van der Waals surface area (Å²) in [6.07, 6.45) is 0. The van der Waals surface area contributed by atoms with E-state index >= 15 is 0 Å². The molecule has 0 bridgehead atoms. The molecule has 4 aromatic rings. The molecule has 0 amide bonds. The minimum absolute atomic E-state index is 1.29. The molecule has 0 saturated carbocycles. The van der Waals surface area contributed by atoms with Gasteiger partial charge in [-0.3, -0.25) is 0 Å². The average molecular weight is 307 g/mol. The number of aryl methyl sites for hydroxylation is 3. The van der Waals surface area contributed by atoms with E-state index in [0.717, 1.165) is 0 Å². The van der Waals surface area contributed by atoms with Gasteiger partial charge in [0.15, 0.2) is 7.28 Å². The number of benzene rings is 4. The summed E-state index contributed by atoms with van der Waals surface area (Å²) >= 11 is 0. The maximum atomic E-state index is 2.33. The van der Waals surface area contributed by atoms with E-state index in [-0.39, 0.29) is 0 Å². The molecule has 24 heavy (non-hydrogen) atoms. The molecular weight excluding hydrogens is 287 g/mol. The average Bonchev–Trinajstić information content (AvgIpc) is 2.56. The third-order valence-corrected chi connectivity index (χ3v) is 4.82. The van der Waals surface area contributed by atoms with E-state index in [1.165, 1.54) is 49.2 Å². The second-order valence-corrected chi connectivity index (χ2v) is 6.72. The highest BCUT2D eigenvalue weighted by Gasteiger charge is 2.10. The Bertz CT molecular complexity index is 1040. The molecule has 0 aliphatic rings. The van der Waals surface area contributed by atoms with E-state index < -0.39 is 0 Å². The molecule has 1 radical (unpaired) electrons. The summed E-state index contributed by atoms with van der Waals surface area (Å²) in [5.41, 5.74) is 6.62. The topological polar surface area (TPSA) is 0 Å². The second kappa shape index (κ2) is 5.83. The molecule has 1 heteroatoms. The van der Waals surface area contributed by atoms with Crippen molar-refractivity contribution in [2.24, 2.45) is 0 Å². The Morgan fingerprint density at radius 1 is 0.625 bits per heavy atom. The van der Waals surface area contributed by atoms with Crippen molar-refractivity contribution in [3.05, 3.63) is 83.4 Å². The van der Waals surface area contributed by atoms with Gasteiger partial charge in [0.05, 0.1) is 0 Å². The van der Waals surface area contributed by atoms with Crippen LogP contribution in [0.4, 0.5) is 0 Å². The van der Waals surface area contributed by atoms with Gasteiger partial charge >= 0.3 is 0 Å². The smallest absolute Gasteiger partial charge is 0.0757 e. The van der Waals surface area contributed by atoms with Crippen molar-refractivity contribution < 1.29 is 0 Å². The fraction of sp³-hybridized carbons (Fsp3) is 0.130. The van der Waals surface area contributed by atoms with Gasteiger partial charge in [-0.15, -0.1) is 0 Å². The maximum absolute atomic E-state index is 2.33. The predicted molar refractivity (Wildman–Crippen MR) is 107 cm³/mol. The largest absolute Gasteiger partial charge is 0.192 e. The molecule has 115 valence electrons. The highest BCUT2D eigenvalue weighted by Crippen LogP contribution is 2.21. The van der Waals surface area contributed by atoms with E-state index in [1.807, 2.05) is 0 Å². The van der Waals surface area contributed by atoms with E-state index in [9.17, 15) is 0 Å². The first kappa shape index (κ1) is 15.0. The lowest BCUT2D eigenvalue weighted by Gasteiger charge is -2.13. The molecule has 0 aromatic heterocycles. The van der Waals surface area contributed by atoms with E-state index in [0.29, 0.717) is 0 Å². The maximum Gasteiger partial charge on any atom is 0.192 e. The van der Waals surface area contributed by atoms with Gasteiger partial charge in [0.1, 0.15) is 0 Å². The molecule has 0 saturated heterocycles. The Balaban J connectivity index is 1.89. The summed E-state index contributed by atoms with van der Waals surface area (Å²) in [5, 5.41) is 5.20. The highest BCUT2D eigenvalue weighted by molar-refractivity contribution is 6.70. The van der Waals surface area contributed by atoms with Crippen LogP contribution in [0.15, 0.2) is 66.7 Å². The van der Waals surface area contributed by atoms with Gasteiger partial charge in [0.25, 0.3) is 0 Å². The van der Waals surface area contributed by atoms with Crippen molar-refractivity contribution in [1.29, 1.82) is 0 Å². The fourth-order valence-corrected chi connectivity index (χ4v) is 3.69. The molecule has 0 fully saturated rings. The fourth-order valence-electron chi connectivity index (χ4n) is 3.69. The minimum Gasteiger partial charge on any atom is -0.0757 e. The first-order valence-electron chi connectivity index (χ1n) is 8.46. The standard InChI is InChI=1S/C23H20B/c1-15-11-16(2)23(17(3)12-15)24-22-10-6-9-20-13-18-7-4-5-8-19(18)14-21(20)22/h4-14H,1-3H3. The van der Waals surface area contributed by atoms with Crippen molar-refractivity contribution in [3.63, 3.8) is 0 Å². The molecule has 0 aliphatic heterocycles. The van der Waals surface area contributed by atoms with Gasteiger partial charge in [-0.05, 0) is 54.4 Å². The quantitative estimate of drug-likeness (QED) is 0.376. The van der Waals surface area contributed by atoms with E-state index in [2.05, 4.69) is 94.8 Å². The Morgan fingerprint density at radius 2 is 1.25 bits per heavy atom. The predicted octanol–water partition coefficient (Wildman–Crippen LogP) is 4.57. The van der Waals surface area contributed by atoms with Crippen LogP contribution in [0.1, 0.15) is 16.7 Å². The molecule has 0 nitrogen and oxygen atoms in total. The van der Waals surface area contributed by atoms with Crippen molar-refractivity contribution in [1.82, 2.24) is 0 Å². The van der Waals surface area contributed by atoms with Gasteiger partial charge < -0.3 is 0 Å². The molecule has 0 atom stereocenters. The number of fused-ring (bicyclic) bond motifs is 2. The summed E-state index contributed by atoms with van der Waals surface area (Å²) in [5.74, 6) is 0. The Kier molecular flexibility index (Phi) is 3.65. The number of rotatable bonds is 2. The van der Waals surface area contributed by atoms with Crippen molar-refractivity contribution in [3.8, 4) is 0 Å². The molecule has 0 unspecified atom stereocenters. The third-order valence-electron chi connectivity index (χ3n) is 4.82. The van der Waals surface area contributed by atoms with Crippen LogP contribution in [-0.2, 0) is 0 Å². The summed E-state index contributed by atoms with van der Waals surface area (Å²) < 4.78 is 0. The van der Waals surface area contributed by atoms with Gasteiger partial charge in [-0.25, -0.2) is 0 Å². The molecule has 0 aliphatic carbocycles. The molecule has 0 heterocycles. The monoisotopic (exact) mass is 307 g/mol. The zero-order valence-electron chi connectivity index (χ0n) is 14.4. The van der Waals surface area contributed by atoms with Crippen molar-refractivity contribution >= 4 is 39.8 Å². The zero-order chi connectivity index (χ0) is 16.7. The molecule has 0 N–H and O–H groups in total. The summed E-state index contributed by atoms with van der Waals surface area (Å²) in [7, 11) is 2.33. The summed E-state index contributed by atoms with van der Waals surface area (Å²) in [6.45, 7) is 6.56.